The number of hydrogen-bond acceptors (Lipinski definition) is 3. The summed E-state index contributed by atoms with van der Waals surface area (Å²) in [6, 6.07) is 6.09. The Bertz CT molecular complexity index is 592. The predicted octanol–water partition coefficient (Wildman–Crippen LogP) is 1.58. The quantitative estimate of drug-likeness (QED) is 0.915. The largest absolute Gasteiger partial charge is 0.339 e. The summed E-state index contributed by atoms with van der Waals surface area (Å²) in [5.74, 6) is 0.0631. The van der Waals surface area contributed by atoms with Gasteiger partial charge in [0.1, 0.15) is 0 Å². The minimum atomic E-state index is 0. The van der Waals surface area contributed by atoms with Crippen molar-refractivity contribution in [2.45, 2.75) is 18.9 Å². The number of rotatable bonds is 2. The van der Waals surface area contributed by atoms with Gasteiger partial charge in [-0.15, -0.1) is 12.4 Å². The first-order valence-corrected chi connectivity index (χ1v) is 6.67. The number of nitrogens with zero attached hydrogens (tertiary/aromatic N) is 3. The van der Waals surface area contributed by atoms with Crippen LogP contribution in [0.3, 0.4) is 0 Å². The van der Waals surface area contributed by atoms with Gasteiger partial charge < -0.3 is 10.2 Å². The number of aromatic nitrogens is 2. The van der Waals surface area contributed by atoms with Crippen molar-refractivity contribution >= 4 is 23.8 Å². The van der Waals surface area contributed by atoms with Crippen molar-refractivity contribution in [2.24, 2.45) is 0 Å². The van der Waals surface area contributed by atoms with Crippen LogP contribution in [0.4, 0.5) is 0 Å². The van der Waals surface area contributed by atoms with Gasteiger partial charge in [-0.05, 0) is 38.1 Å². The van der Waals surface area contributed by atoms with Gasteiger partial charge in [-0.1, -0.05) is 6.07 Å². The SMILES string of the molecule is CN(C(=O)c1cnn2ccccc12)C1CCNCC1.Cl. The highest BCUT2D eigenvalue weighted by Gasteiger charge is 2.24. The van der Waals surface area contributed by atoms with E-state index >= 15 is 0 Å². The zero-order chi connectivity index (χ0) is 13.2. The molecule has 20 heavy (non-hydrogen) atoms. The second kappa shape index (κ2) is 6.24. The zero-order valence-electron chi connectivity index (χ0n) is 11.5. The van der Waals surface area contributed by atoms with Crippen LogP contribution in [0.2, 0.25) is 0 Å². The molecule has 1 aliphatic rings. The number of pyridine rings is 1. The third-order valence-electron chi connectivity index (χ3n) is 3.83. The molecule has 2 aromatic heterocycles. The van der Waals surface area contributed by atoms with Gasteiger partial charge in [0.2, 0.25) is 0 Å². The molecular formula is C14H19ClN4O. The molecular weight excluding hydrogens is 276 g/mol. The van der Waals surface area contributed by atoms with Gasteiger partial charge in [0.05, 0.1) is 17.3 Å². The van der Waals surface area contributed by atoms with Crippen molar-refractivity contribution in [1.29, 1.82) is 0 Å². The molecule has 0 radical (unpaired) electrons. The summed E-state index contributed by atoms with van der Waals surface area (Å²) in [5.41, 5.74) is 1.55. The molecule has 3 heterocycles. The van der Waals surface area contributed by atoms with E-state index in [0.29, 0.717) is 11.6 Å². The number of hydrogen-bond donors (Lipinski definition) is 1. The van der Waals surface area contributed by atoms with Crippen molar-refractivity contribution in [3.05, 3.63) is 36.2 Å². The van der Waals surface area contributed by atoms with Gasteiger partial charge >= 0.3 is 0 Å². The van der Waals surface area contributed by atoms with E-state index in [4.69, 9.17) is 0 Å². The molecule has 1 N–H and O–H groups in total. The summed E-state index contributed by atoms with van der Waals surface area (Å²) < 4.78 is 1.74. The average Bonchev–Trinajstić information content (AvgIpc) is 2.90. The molecule has 0 unspecified atom stereocenters. The lowest BCUT2D eigenvalue weighted by Gasteiger charge is -2.31. The normalized spacial score (nSPS) is 15.8. The van der Waals surface area contributed by atoms with E-state index in [-0.39, 0.29) is 18.3 Å². The predicted molar refractivity (Wildman–Crippen MR) is 80.4 cm³/mol. The number of amides is 1. The number of nitrogens with one attached hydrogen (secondary N) is 1. The van der Waals surface area contributed by atoms with Crippen molar-refractivity contribution in [1.82, 2.24) is 19.8 Å². The summed E-state index contributed by atoms with van der Waals surface area (Å²) in [6.45, 7) is 1.97. The Morgan fingerprint density at radius 3 is 2.90 bits per heavy atom. The Kier molecular flexibility index (Phi) is 4.62. The van der Waals surface area contributed by atoms with Gasteiger partial charge in [0, 0.05) is 19.3 Å². The van der Waals surface area contributed by atoms with E-state index in [1.54, 1.807) is 10.7 Å². The van der Waals surface area contributed by atoms with Crippen LogP contribution in [0.1, 0.15) is 23.2 Å². The average molecular weight is 295 g/mol. The minimum absolute atomic E-state index is 0. The molecule has 1 saturated heterocycles. The van der Waals surface area contributed by atoms with Crippen molar-refractivity contribution < 1.29 is 4.79 Å². The summed E-state index contributed by atoms with van der Waals surface area (Å²) in [6.07, 6.45) is 5.55. The molecule has 108 valence electrons. The van der Waals surface area contributed by atoms with Crippen LogP contribution in [0.15, 0.2) is 30.6 Å². The molecule has 0 bridgehead atoms. The molecule has 0 atom stereocenters. The van der Waals surface area contributed by atoms with Crippen LogP contribution in [-0.2, 0) is 0 Å². The molecule has 2 aromatic rings. The lowest BCUT2D eigenvalue weighted by Crippen LogP contribution is -2.43. The molecule has 0 spiro atoms. The van der Waals surface area contributed by atoms with E-state index in [9.17, 15) is 4.79 Å². The molecule has 1 aliphatic heterocycles. The molecule has 6 heteroatoms. The lowest BCUT2D eigenvalue weighted by atomic mass is 10.0. The summed E-state index contributed by atoms with van der Waals surface area (Å²) in [4.78, 5) is 14.4. The van der Waals surface area contributed by atoms with Crippen LogP contribution in [0.25, 0.3) is 5.52 Å². The Balaban J connectivity index is 0.00000147. The molecule has 5 nitrogen and oxygen atoms in total. The van der Waals surface area contributed by atoms with Crippen LogP contribution in [0.5, 0.6) is 0 Å². The van der Waals surface area contributed by atoms with Crippen molar-refractivity contribution in [3.63, 3.8) is 0 Å². The zero-order valence-corrected chi connectivity index (χ0v) is 12.3. The van der Waals surface area contributed by atoms with Crippen molar-refractivity contribution in [3.8, 4) is 0 Å². The third kappa shape index (κ3) is 2.64. The van der Waals surface area contributed by atoms with Gasteiger partial charge in [-0.3, -0.25) is 4.79 Å². The van der Waals surface area contributed by atoms with E-state index in [0.717, 1.165) is 31.4 Å². The van der Waals surface area contributed by atoms with E-state index in [1.165, 1.54) is 0 Å². The fraction of sp³-hybridized carbons (Fsp3) is 0.429. The van der Waals surface area contributed by atoms with Crippen LogP contribution < -0.4 is 5.32 Å². The van der Waals surface area contributed by atoms with Gasteiger partial charge in [0.25, 0.3) is 5.91 Å². The van der Waals surface area contributed by atoms with Gasteiger partial charge in [-0.25, -0.2) is 4.52 Å². The van der Waals surface area contributed by atoms with Crippen LogP contribution in [0, 0.1) is 0 Å². The highest BCUT2D eigenvalue weighted by molar-refractivity contribution is 6.00. The standard InChI is InChI=1S/C14H18N4O.ClH/c1-17(11-5-7-15-8-6-11)14(19)12-10-16-18-9-3-2-4-13(12)18;/h2-4,9-11,15H,5-8H2,1H3;1H. The van der Waals surface area contributed by atoms with E-state index in [1.807, 2.05) is 36.3 Å². The van der Waals surface area contributed by atoms with E-state index in [2.05, 4.69) is 10.4 Å². The number of fused-ring (bicyclic) bond motifs is 1. The van der Waals surface area contributed by atoms with Gasteiger partial charge in [0.15, 0.2) is 0 Å². The molecule has 0 aromatic carbocycles. The highest BCUT2D eigenvalue weighted by Crippen LogP contribution is 2.17. The number of halogens is 1. The molecule has 3 rings (SSSR count). The maximum atomic E-state index is 12.6. The Labute approximate surface area is 124 Å². The fourth-order valence-electron chi connectivity index (χ4n) is 2.65. The number of carbonyl (C=O) groups is 1. The topological polar surface area (TPSA) is 49.6 Å². The summed E-state index contributed by atoms with van der Waals surface area (Å²) in [5, 5.41) is 7.54. The van der Waals surface area contributed by atoms with Crippen LogP contribution >= 0.6 is 12.4 Å². The summed E-state index contributed by atoms with van der Waals surface area (Å²) in [7, 11) is 1.89. The molecule has 0 saturated carbocycles. The maximum absolute atomic E-state index is 12.6. The first kappa shape index (κ1) is 14.8. The monoisotopic (exact) mass is 294 g/mol. The Morgan fingerprint density at radius 2 is 2.15 bits per heavy atom. The number of carbonyl (C=O) groups excluding carboxylic acids is 1. The second-order valence-corrected chi connectivity index (χ2v) is 4.99. The van der Waals surface area contributed by atoms with Crippen LogP contribution in [-0.4, -0.2) is 46.6 Å². The Morgan fingerprint density at radius 1 is 1.40 bits per heavy atom. The van der Waals surface area contributed by atoms with Gasteiger partial charge in [-0.2, -0.15) is 5.10 Å². The highest BCUT2D eigenvalue weighted by atomic mass is 35.5. The minimum Gasteiger partial charge on any atom is -0.339 e. The first-order valence-electron chi connectivity index (χ1n) is 6.67. The van der Waals surface area contributed by atoms with E-state index < -0.39 is 0 Å². The first-order chi connectivity index (χ1) is 9.27. The third-order valence-corrected chi connectivity index (χ3v) is 3.83. The lowest BCUT2D eigenvalue weighted by molar-refractivity contribution is 0.0705. The molecule has 1 fully saturated rings. The molecule has 1 amide bonds. The molecule has 0 aliphatic carbocycles. The summed E-state index contributed by atoms with van der Waals surface area (Å²) >= 11 is 0. The maximum Gasteiger partial charge on any atom is 0.257 e. The number of piperidine rings is 1. The second-order valence-electron chi connectivity index (χ2n) is 4.99. The van der Waals surface area contributed by atoms with Crippen molar-refractivity contribution in [2.75, 3.05) is 20.1 Å². The smallest absolute Gasteiger partial charge is 0.257 e. The fourth-order valence-corrected chi connectivity index (χ4v) is 2.65. The Hall–Kier alpha value is -1.59.